The molecule has 1 atom stereocenters. The summed E-state index contributed by atoms with van der Waals surface area (Å²) in [5.74, 6) is -1.47. The molecule has 0 N–H and O–H groups in total. The van der Waals surface area contributed by atoms with Crippen LogP contribution in [0, 0.1) is 5.82 Å². The number of amides is 1. The lowest BCUT2D eigenvalue weighted by Gasteiger charge is -2.32. The summed E-state index contributed by atoms with van der Waals surface area (Å²) >= 11 is 6.27. The van der Waals surface area contributed by atoms with Crippen LogP contribution < -0.4 is 4.90 Å². The lowest BCUT2D eigenvalue weighted by Crippen LogP contribution is -2.37. The van der Waals surface area contributed by atoms with E-state index in [2.05, 4.69) is 0 Å². The van der Waals surface area contributed by atoms with Crippen LogP contribution in [0.1, 0.15) is 17.9 Å². The predicted octanol–water partition coefficient (Wildman–Crippen LogP) is 3.81. The largest absolute Gasteiger partial charge is 0.456 e. The number of anilines is 1. The van der Waals surface area contributed by atoms with Crippen molar-refractivity contribution in [3.8, 4) is 0 Å². The summed E-state index contributed by atoms with van der Waals surface area (Å²) in [5, 5.41) is 0.502. The first-order valence-corrected chi connectivity index (χ1v) is 8.17. The number of nitrogens with zero attached hydrogens (tertiary/aromatic N) is 1. The van der Waals surface area contributed by atoms with E-state index in [1.54, 1.807) is 12.1 Å². The van der Waals surface area contributed by atoms with Crippen molar-refractivity contribution in [3.63, 3.8) is 0 Å². The van der Waals surface area contributed by atoms with E-state index in [4.69, 9.17) is 16.3 Å². The van der Waals surface area contributed by atoms with E-state index in [1.807, 2.05) is 12.1 Å². The number of halogens is 2. The van der Waals surface area contributed by atoms with Crippen molar-refractivity contribution in [2.75, 3.05) is 11.5 Å². The van der Waals surface area contributed by atoms with Crippen molar-refractivity contribution in [1.29, 1.82) is 0 Å². The van der Waals surface area contributed by atoms with Gasteiger partial charge in [-0.3, -0.25) is 9.69 Å². The van der Waals surface area contributed by atoms with Crippen LogP contribution in [0.5, 0.6) is 0 Å². The molecule has 0 saturated carbocycles. The molecule has 2 aliphatic rings. The van der Waals surface area contributed by atoms with Gasteiger partial charge in [-0.25, -0.2) is 9.18 Å². The highest BCUT2D eigenvalue weighted by Crippen LogP contribution is 2.43. The summed E-state index contributed by atoms with van der Waals surface area (Å²) in [6.45, 7) is 0.0121. The maximum Gasteiger partial charge on any atom is 0.336 e. The fourth-order valence-electron chi connectivity index (χ4n) is 3.37. The summed E-state index contributed by atoms with van der Waals surface area (Å²) in [7, 11) is 0. The molecule has 1 unspecified atom stereocenters. The van der Waals surface area contributed by atoms with Gasteiger partial charge < -0.3 is 4.74 Å². The Morgan fingerprint density at radius 1 is 1.08 bits per heavy atom. The van der Waals surface area contributed by atoms with Crippen molar-refractivity contribution >= 4 is 29.2 Å². The second-order valence-electron chi connectivity index (χ2n) is 5.92. The van der Waals surface area contributed by atoms with Gasteiger partial charge in [-0.2, -0.15) is 0 Å². The smallest absolute Gasteiger partial charge is 0.336 e. The molecule has 0 bridgehead atoms. The summed E-state index contributed by atoms with van der Waals surface area (Å²) < 4.78 is 18.4. The van der Waals surface area contributed by atoms with Gasteiger partial charge in [-0.05, 0) is 35.9 Å². The highest BCUT2D eigenvalue weighted by atomic mass is 35.5. The zero-order chi connectivity index (χ0) is 17.6. The lowest BCUT2D eigenvalue weighted by atomic mass is 9.84. The molecule has 6 heteroatoms. The Labute approximate surface area is 148 Å². The fraction of sp³-hybridized carbons (Fsp3) is 0.158. The molecule has 4 rings (SSSR count). The van der Waals surface area contributed by atoms with Crippen molar-refractivity contribution in [3.05, 3.63) is 76.2 Å². The molecular weight excluding hydrogens is 345 g/mol. The minimum Gasteiger partial charge on any atom is -0.456 e. The van der Waals surface area contributed by atoms with Gasteiger partial charge in [0.1, 0.15) is 12.4 Å². The Morgan fingerprint density at radius 2 is 1.80 bits per heavy atom. The molecular formula is C19H13ClFNO3. The zero-order valence-electron chi connectivity index (χ0n) is 13.0. The highest BCUT2D eigenvalue weighted by molar-refractivity contribution is 6.31. The van der Waals surface area contributed by atoms with Gasteiger partial charge in [0.05, 0.1) is 11.3 Å². The third kappa shape index (κ3) is 2.61. The summed E-state index contributed by atoms with van der Waals surface area (Å²) in [6, 6.07) is 12.7. The summed E-state index contributed by atoms with van der Waals surface area (Å²) in [5.41, 5.74) is 2.17. The topological polar surface area (TPSA) is 46.6 Å². The molecule has 2 aliphatic heterocycles. The molecule has 0 fully saturated rings. The van der Waals surface area contributed by atoms with E-state index < -0.39 is 17.7 Å². The number of ether oxygens (including phenoxy) is 1. The van der Waals surface area contributed by atoms with Gasteiger partial charge in [-0.1, -0.05) is 29.8 Å². The molecule has 0 radical (unpaired) electrons. The number of carbonyl (C=O) groups is 2. The molecule has 126 valence electrons. The predicted molar refractivity (Wildman–Crippen MR) is 90.7 cm³/mol. The molecule has 0 spiro atoms. The van der Waals surface area contributed by atoms with Crippen LogP contribution >= 0.6 is 11.6 Å². The second kappa shape index (κ2) is 6.01. The van der Waals surface area contributed by atoms with E-state index in [0.717, 1.165) is 5.56 Å². The lowest BCUT2D eigenvalue weighted by molar-refractivity contribution is -0.136. The van der Waals surface area contributed by atoms with E-state index in [9.17, 15) is 14.0 Å². The Bertz CT molecular complexity index is 907. The van der Waals surface area contributed by atoms with Crippen molar-refractivity contribution in [2.45, 2.75) is 12.3 Å². The number of cyclic esters (lactones) is 1. The Balaban J connectivity index is 1.85. The maximum absolute atomic E-state index is 13.2. The zero-order valence-corrected chi connectivity index (χ0v) is 13.8. The number of esters is 1. The number of rotatable bonds is 2. The highest BCUT2D eigenvalue weighted by Gasteiger charge is 2.43. The Morgan fingerprint density at radius 3 is 2.52 bits per heavy atom. The minimum atomic E-state index is -0.445. The quantitative estimate of drug-likeness (QED) is 0.768. The van der Waals surface area contributed by atoms with Crippen LogP contribution in [-0.4, -0.2) is 18.5 Å². The fourth-order valence-corrected chi connectivity index (χ4v) is 3.63. The molecule has 0 aliphatic carbocycles. The number of benzene rings is 2. The molecule has 2 aromatic rings. The molecule has 4 nitrogen and oxygen atoms in total. The third-order valence-electron chi connectivity index (χ3n) is 4.48. The minimum absolute atomic E-state index is 0.0121. The monoisotopic (exact) mass is 357 g/mol. The van der Waals surface area contributed by atoms with Gasteiger partial charge in [0.25, 0.3) is 0 Å². The van der Waals surface area contributed by atoms with Crippen molar-refractivity contribution in [2.24, 2.45) is 0 Å². The second-order valence-corrected chi connectivity index (χ2v) is 6.33. The van der Waals surface area contributed by atoms with Gasteiger partial charge >= 0.3 is 5.97 Å². The first-order chi connectivity index (χ1) is 12.1. The Kier molecular flexibility index (Phi) is 3.81. The van der Waals surface area contributed by atoms with Crippen LogP contribution in [0.2, 0.25) is 5.02 Å². The summed E-state index contributed by atoms with van der Waals surface area (Å²) in [4.78, 5) is 26.6. The average Bonchev–Trinajstić information content (AvgIpc) is 2.98. The normalized spacial score (nSPS) is 19.9. The molecule has 25 heavy (non-hydrogen) atoms. The maximum atomic E-state index is 13.2. The van der Waals surface area contributed by atoms with Gasteiger partial charge in [0.15, 0.2) is 0 Å². The average molecular weight is 358 g/mol. The van der Waals surface area contributed by atoms with E-state index >= 15 is 0 Å². The standard InChI is InChI=1S/C19H13ClFNO3/c20-15-4-2-1-3-13(15)14-9-17(23)22(12-7-5-11(21)6-8-12)16-10-25-19(24)18(14)16/h1-8,14H,9-10H2. The molecule has 2 heterocycles. The molecule has 0 aromatic heterocycles. The van der Waals surface area contributed by atoms with Crippen molar-refractivity contribution in [1.82, 2.24) is 0 Å². The molecule has 2 aromatic carbocycles. The molecule has 0 saturated heterocycles. The van der Waals surface area contributed by atoms with Gasteiger partial charge in [0, 0.05) is 23.0 Å². The first-order valence-electron chi connectivity index (χ1n) is 7.79. The van der Waals surface area contributed by atoms with Crippen LogP contribution in [0.4, 0.5) is 10.1 Å². The number of hydrogen-bond acceptors (Lipinski definition) is 3. The van der Waals surface area contributed by atoms with Crippen LogP contribution in [0.15, 0.2) is 59.8 Å². The van der Waals surface area contributed by atoms with E-state index in [0.29, 0.717) is 22.0 Å². The SMILES string of the molecule is O=C1OCC2=C1C(c1ccccc1Cl)CC(=O)N2c1ccc(F)cc1. The van der Waals surface area contributed by atoms with E-state index in [-0.39, 0.29) is 18.9 Å². The number of hydrogen-bond donors (Lipinski definition) is 0. The number of carbonyl (C=O) groups excluding carboxylic acids is 2. The van der Waals surface area contributed by atoms with Gasteiger partial charge in [0.2, 0.25) is 5.91 Å². The summed E-state index contributed by atoms with van der Waals surface area (Å²) in [6.07, 6.45) is 0.0923. The van der Waals surface area contributed by atoms with Gasteiger partial charge in [-0.15, -0.1) is 0 Å². The van der Waals surface area contributed by atoms with E-state index in [1.165, 1.54) is 29.2 Å². The third-order valence-corrected chi connectivity index (χ3v) is 4.83. The van der Waals surface area contributed by atoms with Crippen molar-refractivity contribution < 1.29 is 18.7 Å². The van der Waals surface area contributed by atoms with Crippen LogP contribution in [0.25, 0.3) is 0 Å². The Hall–Kier alpha value is -2.66. The first kappa shape index (κ1) is 15.8. The van der Waals surface area contributed by atoms with Crippen LogP contribution in [-0.2, 0) is 14.3 Å². The van der Waals surface area contributed by atoms with Crippen LogP contribution in [0.3, 0.4) is 0 Å². The molecule has 1 amide bonds.